The Morgan fingerprint density at radius 2 is 1.89 bits per heavy atom. The molecular formula is C7H18B2. The van der Waals surface area contributed by atoms with Gasteiger partial charge in [-0.15, -0.1) is 0 Å². The molecule has 0 fully saturated rings. The average Bonchev–Trinajstić information content (AvgIpc) is 1.82. The minimum Gasteiger partial charge on any atom is -0.0847 e. The van der Waals surface area contributed by atoms with E-state index in [1.807, 2.05) is 0 Å². The molecular weight excluding hydrogens is 106 g/mol. The Balaban J connectivity index is 3.16. The summed E-state index contributed by atoms with van der Waals surface area (Å²) in [6, 6.07) is 0. The van der Waals surface area contributed by atoms with E-state index >= 15 is 0 Å². The normalized spacial score (nSPS) is 13.8. The second-order valence-electron chi connectivity index (χ2n) is 3.36. The van der Waals surface area contributed by atoms with Gasteiger partial charge in [-0.3, -0.25) is 0 Å². The molecule has 0 nitrogen and oxygen atoms in total. The zero-order chi connectivity index (χ0) is 7.28. The molecule has 0 aromatic heterocycles. The van der Waals surface area contributed by atoms with Gasteiger partial charge in [0.15, 0.2) is 0 Å². The fraction of sp³-hybridized carbons (Fsp3) is 1.00. The van der Waals surface area contributed by atoms with Crippen LogP contribution in [-0.2, 0) is 0 Å². The van der Waals surface area contributed by atoms with Crippen LogP contribution in [0.3, 0.4) is 0 Å². The zero-order valence-corrected chi connectivity index (χ0v) is 7.28. The van der Waals surface area contributed by atoms with Crippen molar-refractivity contribution in [3.8, 4) is 0 Å². The molecule has 0 amide bonds. The predicted molar refractivity (Wildman–Crippen MR) is 49.1 cm³/mol. The van der Waals surface area contributed by atoms with Crippen LogP contribution in [0.1, 0.15) is 27.2 Å². The maximum absolute atomic E-state index is 2.35. The molecule has 0 radical (unpaired) electrons. The SMILES string of the molecule is BBCCC(C)C(C)C. The second kappa shape index (κ2) is 4.96. The fourth-order valence-corrected chi connectivity index (χ4v) is 0.859. The van der Waals surface area contributed by atoms with E-state index in [1.165, 1.54) is 19.9 Å². The summed E-state index contributed by atoms with van der Waals surface area (Å²) >= 11 is 0. The highest BCUT2D eigenvalue weighted by molar-refractivity contribution is 6.89. The molecule has 1 unspecified atom stereocenters. The van der Waals surface area contributed by atoms with Gasteiger partial charge in [0.2, 0.25) is 0 Å². The van der Waals surface area contributed by atoms with Crippen molar-refractivity contribution in [2.45, 2.75) is 33.5 Å². The van der Waals surface area contributed by atoms with Gasteiger partial charge < -0.3 is 0 Å². The van der Waals surface area contributed by atoms with Crippen molar-refractivity contribution in [2.24, 2.45) is 11.8 Å². The van der Waals surface area contributed by atoms with Gasteiger partial charge >= 0.3 is 0 Å². The number of hydrogen-bond donors (Lipinski definition) is 0. The highest BCUT2D eigenvalue weighted by Crippen LogP contribution is 2.15. The molecule has 9 heavy (non-hydrogen) atoms. The Morgan fingerprint density at radius 1 is 1.33 bits per heavy atom. The van der Waals surface area contributed by atoms with Crippen molar-refractivity contribution in [3.05, 3.63) is 0 Å². The quantitative estimate of drug-likeness (QED) is 0.491. The summed E-state index contributed by atoms with van der Waals surface area (Å²) in [5.74, 6) is 1.79. The Hall–Kier alpha value is 0.130. The molecule has 52 valence electrons. The molecule has 0 rings (SSSR count). The average molecular weight is 124 g/mol. The van der Waals surface area contributed by atoms with Gasteiger partial charge in [0, 0.05) is 0 Å². The minimum absolute atomic E-state index is 0.872. The summed E-state index contributed by atoms with van der Waals surface area (Å²) in [6.07, 6.45) is 2.81. The van der Waals surface area contributed by atoms with E-state index in [1.54, 1.807) is 0 Å². The van der Waals surface area contributed by atoms with E-state index in [0.717, 1.165) is 11.8 Å². The maximum atomic E-state index is 2.35. The van der Waals surface area contributed by atoms with E-state index in [4.69, 9.17) is 0 Å². The van der Waals surface area contributed by atoms with Crippen LogP contribution in [0.25, 0.3) is 0 Å². The highest BCUT2D eigenvalue weighted by Gasteiger charge is 2.04. The first kappa shape index (κ1) is 9.13. The van der Waals surface area contributed by atoms with Gasteiger partial charge in [-0.2, -0.15) is 0 Å². The number of hydrogen-bond acceptors (Lipinski definition) is 0. The van der Waals surface area contributed by atoms with Crippen LogP contribution in [0.5, 0.6) is 0 Å². The molecule has 0 aliphatic carbocycles. The first-order chi connectivity index (χ1) is 4.18. The van der Waals surface area contributed by atoms with E-state index in [9.17, 15) is 0 Å². The first-order valence-electron chi connectivity index (χ1n) is 4.18. The lowest BCUT2D eigenvalue weighted by Crippen LogP contribution is -2.04. The molecule has 0 saturated heterocycles. The topological polar surface area (TPSA) is 0 Å². The van der Waals surface area contributed by atoms with Crippen molar-refractivity contribution in [1.29, 1.82) is 0 Å². The monoisotopic (exact) mass is 124 g/mol. The standard InChI is InChI=1S/C7H18B2/c1-6(2)7(3)4-5-9-8/h6-7,9H,4-5,8H2,1-3H3. The van der Waals surface area contributed by atoms with Crippen molar-refractivity contribution in [2.75, 3.05) is 0 Å². The summed E-state index contributed by atoms with van der Waals surface area (Å²) in [6.45, 7) is 6.96. The molecule has 0 aromatic carbocycles. The van der Waals surface area contributed by atoms with Gasteiger partial charge in [-0.25, -0.2) is 0 Å². The van der Waals surface area contributed by atoms with Crippen LogP contribution in [-0.4, -0.2) is 14.9 Å². The Morgan fingerprint density at radius 3 is 2.22 bits per heavy atom. The highest BCUT2D eigenvalue weighted by atomic mass is 14.1. The summed E-state index contributed by atoms with van der Waals surface area (Å²) in [4.78, 5) is 0. The Labute approximate surface area is 61.1 Å². The second-order valence-corrected chi connectivity index (χ2v) is 3.36. The number of rotatable bonds is 4. The van der Waals surface area contributed by atoms with Crippen molar-refractivity contribution >= 4 is 14.9 Å². The maximum Gasteiger partial charge on any atom is 0.0821 e. The molecule has 2 heteroatoms. The summed E-state index contributed by atoms with van der Waals surface area (Å²) in [5, 5.41) is 0. The molecule has 0 aliphatic rings. The lowest BCUT2D eigenvalue weighted by molar-refractivity contribution is 0.407. The van der Waals surface area contributed by atoms with Crippen molar-refractivity contribution in [1.82, 2.24) is 0 Å². The molecule has 0 heterocycles. The van der Waals surface area contributed by atoms with Crippen LogP contribution in [0, 0.1) is 11.8 Å². The van der Waals surface area contributed by atoms with Gasteiger partial charge in [0.25, 0.3) is 0 Å². The van der Waals surface area contributed by atoms with Crippen LogP contribution < -0.4 is 0 Å². The van der Waals surface area contributed by atoms with Crippen molar-refractivity contribution < 1.29 is 0 Å². The fourth-order valence-electron chi connectivity index (χ4n) is 0.859. The third-order valence-electron chi connectivity index (χ3n) is 2.15. The van der Waals surface area contributed by atoms with Crippen LogP contribution >= 0.6 is 0 Å². The smallest absolute Gasteiger partial charge is 0.0821 e. The van der Waals surface area contributed by atoms with Gasteiger partial charge in [-0.1, -0.05) is 33.5 Å². The molecule has 0 spiro atoms. The predicted octanol–water partition coefficient (Wildman–Crippen LogP) is 1.07. The molecule has 0 N–H and O–H groups in total. The van der Waals surface area contributed by atoms with Gasteiger partial charge in [0.05, 0.1) is 14.9 Å². The Kier molecular flexibility index (Phi) is 5.03. The summed E-state index contributed by atoms with van der Waals surface area (Å²) in [5.41, 5.74) is 0. The lowest BCUT2D eigenvalue weighted by atomic mass is 9.52. The largest absolute Gasteiger partial charge is 0.0847 e. The Bertz CT molecular complexity index is 61.9. The molecule has 0 bridgehead atoms. The first-order valence-corrected chi connectivity index (χ1v) is 4.18. The summed E-state index contributed by atoms with van der Waals surface area (Å²) < 4.78 is 0. The molecule has 1 atom stereocenters. The molecule has 0 saturated carbocycles. The zero-order valence-electron chi connectivity index (χ0n) is 7.28. The van der Waals surface area contributed by atoms with Crippen LogP contribution in [0.2, 0.25) is 6.32 Å². The molecule has 0 aliphatic heterocycles. The van der Waals surface area contributed by atoms with Gasteiger partial charge in [-0.05, 0) is 11.8 Å². The van der Waals surface area contributed by atoms with Crippen molar-refractivity contribution in [3.63, 3.8) is 0 Å². The minimum atomic E-state index is 0.872. The molecule has 0 aromatic rings. The van der Waals surface area contributed by atoms with Crippen LogP contribution in [0.4, 0.5) is 0 Å². The summed E-state index contributed by atoms with van der Waals surface area (Å²) in [7, 11) is 3.60. The van der Waals surface area contributed by atoms with E-state index < -0.39 is 0 Å². The third-order valence-corrected chi connectivity index (χ3v) is 2.15. The van der Waals surface area contributed by atoms with Gasteiger partial charge in [0.1, 0.15) is 0 Å². The van der Waals surface area contributed by atoms with Crippen LogP contribution in [0.15, 0.2) is 0 Å². The van der Waals surface area contributed by atoms with E-state index in [0.29, 0.717) is 0 Å². The third kappa shape index (κ3) is 4.62. The van der Waals surface area contributed by atoms with E-state index in [-0.39, 0.29) is 0 Å². The van der Waals surface area contributed by atoms with E-state index in [2.05, 4.69) is 28.5 Å². The lowest BCUT2D eigenvalue weighted by Gasteiger charge is -2.13.